The van der Waals surface area contributed by atoms with E-state index >= 15 is 0 Å². The van der Waals surface area contributed by atoms with Gasteiger partial charge in [-0.15, -0.1) is 0 Å². The minimum absolute atomic E-state index is 0.0584. The average Bonchev–Trinajstić information content (AvgIpc) is 3.32. The largest absolute Gasteiger partial charge is 0.610 e. The van der Waals surface area contributed by atoms with Crippen molar-refractivity contribution in [1.82, 2.24) is 9.55 Å². The first-order chi connectivity index (χ1) is 14.9. The van der Waals surface area contributed by atoms with Crippen LogP contribution < -0.4 is 10.9 Å². The lowest BCUT2D eigenvalue weighted by molar-refractivity contribution is 0.361. The number of aromatic nitrogens is 2. The van der Waals surface area contributed by atoms with E-state index in [1.54, 1.807) is 17.8 Å². The summed E-state index contributed by atoms with van der Waals surface area (Å²) in [5, 5.41) is 4.62. The van der Waals surface area contributed by atoms with Crippen LogP contribution in [0.2, 0.25) is 0 Å². The van der Waals surface area contributed by atoms with Crippen LogP contribution in [0.1, 0.15) is 45.4 Å². The smallest absolute Gasteiger partial charge is 0.274 e. The predicted octanol–water partition coefficient (Wildman–Crippen LogP) is 5.36. The highest BCUT2D eigenvalue weighted by Gasteiger charge is 2.53. The number of H-pyrrole nitrogens is 1. The molecule has 0 aliphatic heterocycles. The summed E-state index contributed by atoms with van der Waals surface area (Å²) in [6.45, 7) is 2.32. The van der Waals surface area contributed by atoms with Crippen LogP contribution in [-0.2, 0) is 18.2 Å². The zero-order valence-corrected chi connectivity index (χ0v) is 19.5. The summed E-state index contributed by atoms with van der Waals surface area (Å²) in [7, 11) is 1.77. The number of aromatic amines is 1. The summed E-state index contributed by atoms with van der Waals surface area (Å²) in [6.07, 6.45) is 9.97. The predicted molar refractivity (Wildman–Crippen MR) is 128 cm³/mol. The number of nitrogens with zero attached hydrogens (tertiary/aromatic N) is 1. The van der Waals surface area contributed by atoms with Crippen molar-refractivity contribution in [3.8, 4) is 11.1 Å². The molecule has 31 heavy (non-hydrogen) atoms. The standard InChI is InChI=1S/C24H28ClN3O2S/c1-15-3-5-16(6-4-15)27-21-8-7-17(31(30)24(25)10-11-24)13-19(21)20-14-28(2)23(29)22-18(20)9-12-26-22/h7-9,12-16,26-27H,3-6,10-11H2,1-2H3/t15-,16-,31?. The molecule has 0 bridgehead atoms. The molecule has 2 aliphatic carbocycles. The van der Waals surface area contributed by atoms with Crippen LogP contribution in [0.25, 0.3) is 22.0 Å². The number of hydrogen-bond donors (Lipinski definition) is 2. The zero-order chi connectivity index (χ0) is 21.8. The van der Waals surface area contributed by atoms with Crippen molar-refractivity contribution in [3.05, 3.63) is 47.0 Å². The lowest BCUT2D eigenvalue weighted by Crippen LogP contribution is -2.25. The number of halogens is 1. The number of benzene rings is 1. The molecule has 2 saturated carbocycles. The van der Waals surface area contributed by atoms with Crippen LogP contribution in [-0.4, -0.2) is 24.4 Å². The number of anilines is 1. The number of aryl methyl sites for hydroxylation is 1. The molecule has 1 aromatic carbocycles. The Balaban J connectivity index is 1.62. The highest BCUT2D eigenvalue weighted by atomic mass is 35.5. The van der Waals surface area contributed by atoms with Gasteiger partial charge in [-0.25, -0.2) is 0 Å². The topological polar surface area (TPSA) is 72.9 Å². The third kappa shape index (κ3) is 3.90. The van der Waals surface area contributed by atoms with Crippen LogP contribution in [0.15, 0.2) is 46.3 Å². The van der Waals surface area contributed by atoms with Gasteiger partial charge in [0.1, 0.15) is 5.52 Å². The maximum Gasteiger partial charge on any atom is 0.274 e. The molecule has 2 fully saturated rings. The molecule has 2 N–H and O–H groups in total. The lowest BCUT2D eigenvalue weighted by Gasteiger charge is -2.29. The molecule has 7 heteroatoms. The van der Waals surface area contributed by atoms with Gasteiger partial charge < -0.3 is 19.4 Å². The van der Waals surface area contributed by atoms with Crippen molar-refractivity contribution in [2.24, 2.45) is 13.0 Å². The van der Waals surface area contributed by atoms with Crippen molar-refractivity contribution in [3.63, 3.8) is 0 Å². The highest BCUT2D eigenvalue weighted by Crippen LogP contribution is 2.51. The van der Waals surface area contributed by atoms with Crippen molar-refractivity contribution in [1.29, 1.82) is 0 Å². The molecule has 2 heterocycles. The third-order valence-electron chi connectivity index (χ3n) is 6.74. The Bertz CT molecular complexity index is 1180. The quantitative estimate of drug-likeness (QED) is 0.400. The summed E-state index contributed by atoms with van der Waals surface area (Å²) in [5.41, 5.74) is 3.45. The van der Waals surface area contributed by atoms with Gasteiger partial charge in [0, 0.05) is 77.8 Å². The van der Waals surface area contributed by atoms with Gasteiger partial charge in [0.15, 0.2) is 4.90 Å². The SMILES string of the molecule is Cn1cc(-c2cc([S+]([O-])C3(Cl)CC3)ccc2N[C@H]2CC[C@H](C)CC2)c2cc[nH]c2c1=O. The van der Waals surface area contributed by atoms with Gasteiger partial charge in [0.2, 0.25) is 4.21 Å². The molecule has 164 valence electrons. The van der Waals surface area contributed by atoms with E-state index in [-0.39, 0.29) is 5.56 Å². The van der Waals surface area contributed by atoms with Crippen LogP contribution in [0.5, 0.6) is 0 Å². The summed E-state index contributed by atoms with van der Waals surface area (Å²) < 4.78 is 14.1. The fourth-order valence-corrected chi connectivity index (χ4v) is 6.26. The maximum atomic E-state index is 13.1. The van der Waals surface area contributed by atoms with E-state index < -0.39 is 15.4 Å². The van der Waals surface area contributed by atoms with Crippen LogP contribution in [0, 0.1) is 5.92 Å². The molecule has 3 aromatic rings. The Morgan fingerprint density at radius 2 is 1.94 bits per heavy atom. The molecule has 0 radical (unpaired) electrons. The number of alkyl halides is 1. The molecule has 2 aliphatic rings. The van der Waals surface area contributed by atoms with E-state index in [1.807, 2.05) is 30.5 Å². The van der Waals surface area contributed by atoms with E-state index in [0.29, 0.717) is 11.6 Å². The van der Waals surface area contributed by atoms with E-state index in [0.717, 1.165) is 58.7 Å². The van der Waals surface area contributed by atoms with Crippen molar-refractivity contribution >= 4 is 39.4 Å². The summed E-state index contributed by atoms with van der Waals surface area (Å²) in [5.74, 6) is 0.781. The second-order valence-electron chi connectivity index (χ2n) is 9.19. The first-order valence-electron chi connectivity index (χ1n) is 11.0. The second-order valence-corrected chi connectivity index (χ2v) is 11.9. The molecule has 2 aromatic heterocycles. The van der Waals surface area contributed by atoms with Gasteiger partial charge in [0.25, 0.3) is 5.56 Å². The number of rotatable bonds is 5. The molecule has 0 amide bonds. The molecule has 0 spiro atoms. The number of pyridine rings is 1. The molecule has 0 saturated heterocycles. The molecule has 5 rings (SSSR count). The highest BCUT2D eigenvalue weighted by molar-refractivity contribution is 7.94. The summed E-state index contributed by atoms with van der Waals surface area (Å²) in [6, 6.07) is 8.33. The monoisotopic (exact) mass is 457 g/mol. The van der Waals surface area contributed by atoms with Crippen LogP contribution in [0.3, 0.4) is 0 Å². The Kier molecular flexibility index (Phi) is 5.35. The van der Waals surface area contributed by atoms with Crippen LogP contribution in [0.4, 0.5) is 5.69 Å². The first kappa shape index (κ1) is 21.0. The van der Waals surface area contributed by atoms with Crippen LogP contribution >= 0.6 is 11.6 Å². The van der Waals surface area contributed by atoms with E-state index in [4.69, 9.17) is 11.6 Å². The Morgan fingerprint density at radius 1 is 1.19 bits per heavy atom. The maximum absolute atomic E-state index is 13.1. The Labute approximate surface area is 190 Å². The Morgan fingerprint density at radius 3 is 2.65 bits per heavy atom. The molecule has 1 atom stereocenters. The summed E-state index contributed by atoms with van der Waals surface area (Å²) >= 11 is 5.23. The minimum Gasteiger partial charge on any atom is -0.610 e. The van der Waals surface area contributed by atoms with Gasteiger partial charge in [-0.05, 0) is 49.8 Å². The van der Waals surface area contributed by atoms with E-state index in [2.05, 4.69) is 17.2 Å². The van der Waals surface area contributed by atoms with Crippen molar-refractivity contribution in [2.45, 2.75) is 60.6 Å². The second kappa shape index (κ2) is 7.91. The molecule has 1 unspecified atom stereocenters. The Hall–Kier alpha value is -1.89. The fraction of sp³-hybridized carbons (Fsp3) is 0.458. The van der Waals surface area contributed by atoms with Crippen molar-refractivity contribution in [2.75, 3.05) is 5.32 Å². The third-order valence-corrected chi connectivity index (χ3v) is 9.29. The van der Waals surface area contributed by atoms with Gasteiger partial charge in [0.05, 0.1) is 0 Å². The molecule has 5 nitrogen and oxygen atoms in total. The van der Waals surface area contributed by atoms with E-state index in [1.165, 1.54) is 12.8 Å². The average molecular weight is 458 g/mol. The van der Waals surface area contributed by atoms with Crippen molar-refractivity contribution < 1.29 is 4.55 Å². The van der Waals surface area contributed by atoms with Gasteiger partial charge >= 0.3 is 0 Å². The summed E-state index contributed by atoms with van der Waals surface area (Å²) in [4.78, 5) is 16.4. The minimum atomic E-state index is -1.27. The molecular formula is C24H28ClN3O2S. The zero-order valence-electron chi connectivity index (χ0n) is 17.9. The number of nitrogens with one attached hydrogen (secondary N) is 2. The normalized spacial score (nSPS) is 23.6. The molecular weight excluding hydrogens is 430 g/mol. The van der Waals surface area contributed by atoms with Gasteiger partial charge in [-0.3, -0.25) is 4.79 Å². The lowest BCUT2D eigenvalue weighted by atomic mass is 9.87. The first-order valence-corrected chi connectivity index (χ1v) is 12.6. The van der Waals surface area contributed by atoms with E-state index in [9.17, 15) is 9.35 Å². The van der Waals surface area contributed by atoms with Gasteiger partial charge in [-0.2, -0.15) is 0 Å². The number of hydrogen-bond acceptors (Lipinski definition) is 3. The van der Waals surface area contributed by atoms with Gasteiger partial charge in [-0.1, -0.05) is 18.5 Å². The fourth-order valence-electron chi connectivity index (χ4n) is 4.59. The number of fused-ring (bicyclic) bond motifs is 1.